The van der Waals surface area contributed by atoms with Crippen LogP contribution in [0.2, 0.25) is 0 Å². The van der Waals surface area contributed by atoms with E-state index in [-0.39, 0.29) is 28.0 Å². The topological polar surface area (TPSA) is 83.1 Å². The van der Waals surface area contributed by atoms with Crippen molar-refractivity contribution in [1.82, 2.24) is 15.0 Å². The number of halogens is 3. The fraction of sp³-hybridized carbons (Fsp3) is 0.208. The summed E-state index contributed by atoms with van der Waals surface area (Å²) in [6.07, 6.45) is 0.284. The van der Waals surface area contributed by atoms with E-state index >= 15 is 0 Å². The second kappa shape index (κ2) is 9.14. The van der Waals surface area contributed by atoms with Gasteiger partial charge in [0.1, 0.15) is 17.2 Å². The molecule has 3 heterocycles. The molecule has 1 aliphatic heterocycles. The number of H-pyrrole nitrogens is 1. The molecule has 0 spiro atoms. The zero-order chi connectivity index (χ0) is 23.7. The third-order valence-electron chi connectivity index (χ3n) is 5.62. The van der Waals surface area contributed by atoms with Crippen LogP contribution >= 0.6 is 0 Å². The first-order valence-electron chi connectivity index (χ1n) is 10.7. The molecule has 0 unspecified atom stereocenters. The number of ether oxygens (including phenoxy) is 1. The number of nitrogens with one attached hydrogen (secondary N) is 2. The zero-order valence-electron chi connectivity index (χ0n) is 17.9. The summed E-state index contributed by atoms with van der Waals surface area (Å²) in [5.74, 6) is -1.04. The third kappa shape index (κ3) is 4.32. The van der Waals surface area contributed by atoms with Gasteiger partial charge >= 0.3 is 0 Å². The average Bonchev–Trinajstić information content (AvgIpc) is 3.28. The minimum Gasteiger partial charge on any atom is -0.378 e. The van der Waals surface area contributed by atoms with Crippen LogP contribution < -0.4 is 10.2 Å². The largest absolute Gasteiger partial charge is 0.378 e. The normalized spacial score (nSPS) is 14.1. The predicted octanol–water partition coefficient (Wildman–Crippen LogP) is 4.79. The van der Waals surface area contributed by atoms with Gasteiger partial charge in [-0.3, -0.25) is 9.78 Å². The summed E-state index contributed by atoms with van der Waals surface area (Å²) in [5, 5.41) is 2.79. The number of nitrogens with zero attached hydrogens (tertiary/aromatic N) is 3. The van der Waals surface area contributed by atoms with E-state index in [1.165, 1.54) is 6.20 Å². The summed E-state index contributed by atoms with van der Waals surface area (Å²) >= 11 is 0. The molecule has 4 aromatic rings. The maximum absolute atomic E-state index is 13.9. The quantitative estimate of drug-likeness (QED) is 0.441. The van der Waals surface area contributed by atoms with Crippen molar-refractivity contribution in [2.75, 3.05) is 36.5 Å². The lowest BCUT2D eigenvalue weighted by Gasteiger charge is -2.29. The molecule has 1 saturated heterocycles. The molecule has 174 valence electrons. The molecule has 0 saturated carbocycles. The predicted molar refractivity (Wildman–Crippen MR) is 122 cm³/mol. The number of anilines is 2. The molecule has 1 fully saturated rings. The molecule has 0 bridgehead atoms. The summed E-state index contributed by atoms with van der Waals surface area (Å²) in [6, 6.07) is 9.94. The first kappa shape index (κ1) is 21.9. The van der Waals surface area contributed by atoms with E-state index in [1.807, 2.05) is 0 Å². The number of alkyl halides is 2. The van der Waals surface area contributed by atoms with Crippen molar-refractivity contribution in [3.05, 3.63) is 71.8 Å². The highest BCUT2D eigenvalue weighted by atomic mass is 19.3. The number of pyridine rings is 1. The molecule has 2 aromatic carbocycles. The van der Waals surface area contributed by atoms with Crippen molar-refractivity contribution in [3.63, 3.8) is 0 Å². The number of amides is 1. The van der Waals surface area contributed by atoms with E-state index in [1.54, 1.807) is 30.5 Å². The van der Waals surface area contributed by atoms with Gasteiger partial charge in [-0.1, -0.05) is 0 Å². The number of benzene rings is 2. The van der Waals surface area contributed by atoms with Crippen molar-refractivity contribution >= 4 is 28.3 Å². The number of carbonyl (C=O) groups is 1. The van der Waals surface area contributed by atoms with E-state index < -0.39 is 18.1 Å². The highest BCUT2D eigenvalue weighted by Gasteiger charge is 2.22. The Kier molecular flexibility index (Phi) is 5.89. The standard InChI is InChI=1S/C24H20F3N5O2/c25-14-3-4-17(22(26)27)18(10-14)23-30-20-12-16(32-6-8-34-9-7-32)11-19(21(20)31-23)24(33)29-15-2-1-5-28-13-15/h1-5,10-13,22H,6-9H2,(H,29,33)(H,30,31). The van der Waals surface area contributed by atoms with Gasteiger partial charge in [-0.25, -0.2) is 18.2 Å². The Hall–Kier alpha value is -3.92. The summed E-state index contributed by atoms with van der Waals surface area (Å²) in [6.45, 7) is 2.36. The van der Waals surface area contributed by atoms with Gasteiger partial charge in [0.15, 0.2) is 0 Å². The second-order valence-corrected chi connectivity index (χ2v) is 7.80. The van der Waals surface area contributed by atoms with Gasteiger partial charge in [0.05, 0.1) is 36.2 Å². The van der Waals surface area contributed by atoms with Crippen LogP contribution in [0, 0.1) is 5.82 Å². The summed E-state index contributed by atoms with van der Waals surface area (Å²) in [5.41, 5.74) is 1.86. The number of rotatable bonds is 5. The highest BCUT2D eigenvalue weighted by Crippen LogP contribution is 2.34. The highest BCUT2D eigenvalue weighted by molar-refractivity contribution is 6.12. The SMILES string of the molecule is O=C(Nc1cccnc1)c1cc(N2CCOCC2)cc2[nH]c(-c3cc(F)ccc3C(F)F)nc12. The molecule has 7 nitrogen and oxygen atoms in total. The molecule has 1 amide bonds. The molecule has 0 radical (unpaired) electrons. The lowest BCUT2D eigenvalue weighted by molar-refractivity contribution is 0.102. The van der Waals surface area contributed by atoms with E-state index in [2.05, 4.69) is 25.2 Å². The maximum atomic E-state index is 13.9. The van der Waals surface area contributed by atoms with Crippen molar-refractivity contribution in [2.24, 2.45) is 0 Å². The molecule has 10 heteroatoms. The van der Waals surface area contributed by atoms with Gasteiger partial charge in [-0.2, -0.15) is 0 Å². The van der Waals surface area contributed by atoms with Gasteiger partial charge in [0.25, 0.3) is 12.3 Å². The van der Waals surface area contributed by atoms with Gasteiger partial charge < -0.3 is 19.9 Å². The van der Waals surface area contributed by atoms with Crippen molar-refractivity contribution < 1.29 is 22.7 Å². The number of fused-ring (bicyclic) bond motifs is 1. The van der Waals surface area contributed by atoms with Crippen molar-refractivity contribution in [2.45, 2.75) is 6.43 Å². The molecule has 2 aromatic heterocycles. The van der Waals surface area contributed by atoms with Crippen LogP contribution in [-0.2, 0) is 4.74 Å². The summed E-state index contributed by atoms with van der Waals surface area (Å²) < 4.78 is 46.6. The maximum Gasteiger partial charge on any atom is 0.264 e. The average molecular weight is 467 g/mol. The van der Waals surface area contributed by atoms with Crippen molar-refractivity contribution in [3.8, 4) is 11.4 Å². The van der Waals surface area contributed by atoms with Gasteiger partial charge in [0, 0.05) is 36.1 Å². The molecular formula is C24H20F3N5O2. The lowest BCUT2D eigenvalue weighted by atomic mass is 10.1. The van der Waals surface area contributed by atoms with Crippen LogP contribution in [-0.4, -0.2) is 47.2 Å². The van der Waals surface area contributed by atoms with Crippen molar-refractivity contribution in [1.29, 1.82) is 0 Å². The fourth-order valence-corrected chi connectivity index (χ4v) is 3.97. The van der Waals surface area contributed by atoms with Gasteiger partial charge in [0.2, 0.25) is 0 Å². The summed E-state index contributed by atoms with van der Waals surface area (Å²) in [7, 11) is 0. The van der Waals surface area contributed by atoms with Gasteiger partial charge in [-0.05, 0) is 42.5 Å². The monoisotopic (exact) mass is 467 g/mol. The number of aromatic nitrogens is 3. The third-order valence-corrected chi connectivity index (χ3v) is 5.62. The molecule has 5 rings (SSSR count). The smallest absolute Gasteiger partial charge is 0.264 e. The van der Waals surface area contributed by atoms with Crippen LogP contribution in [0.4, 0.5) is 24.5 Å². The van der Waals surface area contributed by atoms with E-state index in [4.69, 9.17) is 4.74 Å². The van der Waals surface area contributed by atoms with Crippen LogP contribution in [0.5, 0.6) is 0 Å². The molecule has 1 aliphatic rings. The van der Waals surface area contributed by atoms with Crippen LogP contribution in [0.15, 0.2) is 54.9 Å². The van der Waals surface area contributed by atoms with E-state index in [0.717, 1.165) is 23.9 Å². The van der Waals surface area contributed by atoms with Gasteiger partial charge in [-0.15, -0.1) is 0 Å². The minimum atomic E-state index is -2.82. The number of imidazole rings is 1. The van der Waals surface area contributed by atoms with Crippen LogP contribution in [0.3, 0.4) is 0 Å². The Balaban J connectivity index is 1.64. The second-order valence-electron chi connectivity index (χ2n) is 7.80. The minimum absolute atomic E-state index is 0.0550. The number of hydrogen-bond donors (Lipinski definition) is 2. The summed E-state index contributed by atoms with van der Waals surface area (Å²) in [4.78, 5) is 26.7. The molecule has 2 N–H and O–H groups in total. The molecule has 34 heavy (non-hydrogen) atoms. The molecule has 0 aliphatic carbocycles. The number of hydrogen-bond acceptors (Lipinski definition) is 5. The number of morpholine rings is 1. The zero-order valence-corrected chi connectivity index (χ0v) is 17.9. The number of carbonyl (C=O) groups excluding carboxylic acids is 1. The Morgan fingerprint density at radius 2 is 1.97 bits per heavy atom. The first-order chi connectivity index (χ1) is 16.5. The fourth-order valence-electron chi connectivity index (χ4n) is 3.97. The number of aromatic amines is 1. The Labute approximate surface area is 192 Å². The van der Waals surface area contributed by atoms with E-state index in [9.17, 15) is 18.0 Å². The first-order valence-corrected chi connectivity index (χ1v) is 10.7. The Bertz CT molecular complexity index is 1340. The molecule has 0 atom stereocenters. The van der Waals surface area contributed by atoms with E-state index in [0.29, 0.717) is 37.5 Å². The molecular weight excluding hydrogens is 447 g/mol. The Morgan fingerprint density at radius 1 is 1.15 bits per heavy atom. The van der Waals surface area contributed by atoms with Crippen LogP contribution in [0.25, 0.3) is 22.4 Å². The lowest BCUT2D eigenvalue weighted by Crippen LogP contribution is -2.36. The Morgan fingerprint density at radius 3 is 2.71 bits per heavy atom. The van der Waals surface area contributed by atoms with Crippen LogP contribution in [0.1, 0.15) is 22.3 Å².